The van der Waals surface area contributed by atoms with Gasteiger partial charge in [-0.1, -0.05) is 37.3 Å². The third-order valence-electron chi connectivity index (χ3n) is 7.87. The van der Waals surface area contributed by atoms with Gasteiger partial charge in [0, 0.05) is 32.3 Å². The van der Waals surface area contributed by atoms with Gasteiger partial charge in [0.2, 0.25) is 0 Å². The van der Waals surface area contributed by atoms with Crippen molar-refractivity contribution in [1.82, 2.24) is 34.0 Å². The third-order valence-corrected chi connectivity index (χ3v) is 7.87. The summed E-state index contributed by atoms with van der Waals surface area (Å²) >= 11 is 0. The summed E-state index contributed by atoms with van der Waals surface area (Å²) in [5.74, 6) is -0.546. The number of rotatable bonds is 6. The second kappa shape index (κ2) is 10.4. The van der Waals surface area contributed by atoms with Crippen LogP contribution in [0.5, 0.6) is 0 Å². The van der Waals surface area contributed by atoms with E-state index in [1.807, 2.05) is 37.3 Å². The molecule has 1 amide bonds. The Bertz CT molecular complexity index is 1770. The molecule has 0 saturated carbocycles. The first-order valence-corrected chi connectivity index (χ1v) is 13.5. The Kier molecular flexibility index (Phi) is 6.74. The third kappa shape index (κ3) is 5.04. The van der Waals surface area contributed by atoms with Crippen LogP contribution in [0.4, 0.5) is 4.39 Å². The van der Waals surface area contributed by atoms with Crippen LogP contribution in [0.1, 0.15) is 47.3 Å². The van der Waals surface area contributed by atoms with E-state index in [0.717, 1.165) is 11.3 Å². The van der Waals surface area contributed by atoms with Gasteiger partial charge in [0.05, 0.1) is 35.3 Å². The lowest BCUT2D eigenvalue weighted by atomic mass is 9.90. The lowest BCUT2D eigenvalue weighted by Gasteiger charge is -2.38. The molecule has 0 spiro atoms. The average Bonchev–Trinajstić information content (AvgIpc) is 3.59. The van der Waals surface area contributed by atoms with Crippen molar-refractivity contribution in [3.8, 4) is 5.69 Å². The molecular weight excluding hydrogens is 525 g/mol. The maximum atomic E-state index is 13.6. The Labute approximate surface area is 235 Å². The Morgan fingerprint density at radius 1 is 1.10 bits per heavy atom. The predicted molar refractivity (Wildman–Crippen MR) is 150 cm³/mol. The van der Waals surface area contributed by atoms with E-state index in [9.17, 15) is 19.1 Å². The number of carbonyl (C=O) groups is 1. The highest BCUT2D eigenvalue weighted by Crippen LogP contribution is 2.29. The fourth-order valence-electron chi connectivity index (χ4n) is 5.49. The Balaban J connectivity index is 1.17. The number of carbonyl (C=O) groups excluding carboxylic acids is 1. The number of fused-ring (bicyclic) bond motifs is 1. The van der Waals surface area contributed by atoms with Gasteiger partial charge in [-0.3, -0.25) is 18.8 Å². The van der Waals surface area contributed by atoms with Gasteiger partial charge in [-0.05, 0) is 42.7 Å². The highest BCUT2D eigenvalue weighted by molar-refractivity contribution is 5.95. The molecule has 6 rings (SSSR count). The van der Waals surface area contributed by atoms with Crippen molar-refractivity contribution >= 4 is 16.9 Å². The zero-order chi connectivity index (χ0) is 28.7. The van der Waals surface area contributed by atoms with Crippen LogP contribution >= 0.6 is 0 Å². The first-order chi connectivity index (χ1) is 19.7. The molecular formula is C30H30FN7O3. The van der Waals surface area contributed by atoms with E-state index in [1.54, 1.807) is 35.0 Å². The van der Waals surface area contributed by atoms with Crippen LogP contribution in [0, 0.1) is 5.82 Å². The second-order valence-electron chi connectivity index (χ2n) is 10.7. The van der Waals surface area contributed by atoms with E-state index in [2.05, 4.69) is 15.2 Å². The molecule has 41 heavy (non-hydrogen) atoms. The first kappa shape index (κ1) is 26.6. The zero-order valence-corrected chi connectivity index (χ0v) is 22.8. The number of halogens is 1. The number of benzene rings is 2. The average molecular weight is 556 g/mol. The van der Waals surface area contributed by atoms with Gasteiger partial charge in [0.15, 0.2) is 5.65 Å². The molecule has 4 heterocycles. The molecule has 2 aromatic carbocycles. The molecule has 1 N–H and O–H groups in total. The molecule has 210 valence electrons. The lowest BCUT2D eigenvalue weighted by molar-refractivity contribution is -0.0299. The van der Waals surface area contributed by atoms with Crippen LogP contribution in [0.2, 0.25) is 0 Å². The Morgan fingerprint density at radius 2 is 1.80 bits per heavy atom. The number of piperidine rings is 1. The molecule has 0 radical (unpaired) electrons. The topological polar surface area (TPSA) is 111 Å². The SMILES string of the molecule is CC(c1ccccc1)c1nn(C)cc1C(=O)N1CCC(O)(Cn2cnc3c(cnn3-c3ccc(F)cc3)c2=O)CC1. The van der Waals surface area contributed by atoms with Crippen LogP contribution in [-0.4, -0.2) is 63.7 Å². The Morgan fingerprint density at radius 3 is 2.51 bits per heavy atom. The molecule has 1 unspecified atom stereocenters. The van der Waals surface area contributed by atoms with Gasteiger partial charge < -0.3 is 10.0 Å². The van der Waals surface area contributed by atoms with Gasteiger partial charge in [-0.15, -0.1) is 0 Å². The van der Waals surface area contributed by atoms with Crippen LogP contribution in [0.15, 0.2) is 78.1 Å². The summed E-state index contributed by atoms with van der Waals surface area (Å²) in [5.41, 5.74) is 1.77. The highest BCUT2D eigenvalue weighted by atomic mass is 19.1. The fraction of sp³-hybridized carbons (Fsp3) is 0.300. The van der Waals surface area contributed by atoms with Crippen molar-refractivity contribution in [2.45, 2.75) is 37.8 Å². The molecule has 5 aromatic rings. The van der Waals surface area contributed by atoms with E-state index < -0.39 is 5.60 Å². The molecule has 0 bridgehead atoms. The van der Waals surface area contributed by atoms with Gasteiger partial charge in [-0.2, -0.15) is 10.2 Å². The van der Waals surface area contributed by atoms with Crippen molar-refractivity contribution in [1.29, 1.82) is 0 Å². The van der Waals surface area contributed by atoms with Crippen LogP contribution in [0.25, 0.3) is 16.7 Å². The maximum Gasteiger partial charge on any atom is 0.264 e. The van der Waals surface area contributed by atoms with Gasteiger partial charge in [0.1, 0.15) is 17.5 Å². The van der Waals surface area contributed by atoms with Gasteiger partial charge in [0.25, 0.3) is 11.5 Å². The molecule has 3 aromatic heterocycles. The lowest BCUT2D eigenvalue weighted by Crippen LogP contribution is -2.49. The largest absolute Gasteiger partial charge is 0.388 e. The van der Waals surface area contributed by atoms with E-state index >= 15 is 0 Å². The van der Waals surface area contributed by atoms with Crippen LogP contribution in [0.3, 0.4) is 0 Å². The van der Waals surface area contributed by atoms with Crippen molar-refractivity contribution in [2.24, 2.45) is 7.05 Å². The molecule has 11 heteroatoms. The minimum Gasteiger partial charge on any atom is -0.388 e. The van der Waals surface area contributed by atoms with Crippen molar-refractivity contribution in [3.05, 3.63) is 106 Å². The number of amides is 1. The number of likely N-dealkylation sites (tertiary alicyclic amines) is 1. The summed E-state index contributed by atoms with van der Waals surface area (Å²) in [4.78, 5) is 33.0. The van der Waals surface area contributed by atoms with Crippen LogP contribution < -0.4 is 5.56 Å². The monoisotopic (exact) mass is 555 g/mol. The number of aryl methyl sites for hydroxylation is 1. The van der Waals surface area contributed by atoms with Gasteiger partial charge in [-0.25, -0.2) is 14.1 Å². The summed E-state index contributed by atoms with van der Waals surface area (Å²) in [7, 11) is 1.80. The van der Waals surface area contributed by atoms with Crippen LogP contribution in [-0.2, 0) is 13.6 Å². The molecule has 1 aliphatic heterocycles. The maximum absolute atomic E-state index is 13.6. The summed E-state index contributed by atoms with van der Waals surface area (Å²) < 4.78 is 17.9. The van der Waals surface area contributed by atoms with E-state index in [1.165, 1.54) is 33.9 Å². The predicted octanol–water partition coefficient (Wildman–Crippen LogP) is 3.27. The minimum atomic E-state index is -1.18. The minimum absolute atomic E-state index is 0.0434. The molecule has 1 atom stereocenters. The number of aliphatic hydroxyl groups is 1. The van der Waals surface area contributed by atoms with Crippen molar-refractivity contribution in [3.63, 3.8) is 0 Å². The van der Waals surface area contributed by atoms with Crippen molar-refractivity contribution < 1.29 is 14.3 Å². The highest BCUT2D eigenvalue weighted by Gasteiger charge is 2.36. The van der Waals surface area contributed by atoms with Gasteiger partial charge >= 0.3 is 0 Å². The molecule has 10 nitrogen and oxygen atoms in total. The summed E-state index contributed by atoms with van der Waals surface area (Å²) in [5, 5.41) is 20.6. The van der Waals surface area contributed by atoms with E-state index in [0.29, 0.717) is 48.2 Å². The smallest absolute Gasteiger partial charge is 0.264 e. The molecule has 1 saturated heterocycles. The number of hydrogen-bond donors (Lipinski definition) is 1. The zero-order valence-electron chi connectivity index (χ0n) is 22.8. The number of nitrogens with zero attached hydrogens (tertiary/aromatic N) is 7. The number of aromatic nitrogens is 6. The second-order valence-corrected chi connectivity index (χ2v) is 10.7. The molecule has 1 aliphatic rings. The standard InChI is InChI=1S/C30H30FN7O3/c1-20(21-6-4-3-5-7-21)26-25(17-35(2)34-26)29(40)36-14-12-30(41,13-15-36)18-37-19-32-27-24(28(37)39)16-33-38(27)23-10-8-22(31)9-11-23/h3-11,16-17,19-20,41H,12-15,18H2,1-2H3. The summed E-state index contributed by atoms with van der Waals surface area (Å²) in [6.07, 6.45) is 5.20. The quantitative estimate of drug-likeness (QED) is 0.344. The van der Waals surface area contributed by atoms with Crippen molar-refractivity contribution in [2.75, 3.05) is 13.1 Å². The van der Waals surface area contributed by atoms with E-state index in [4.69, 9.17) is 0 Å². The number of hydrogen-bond acceptors (Lipinski definition) is 6. The Hall–Kier alpha value is -4.64. The first-order valence-electron chi connectivity index (χ1n) is 13.5. The summed E-state index contributed by atoms with van der Waals surface area (Å²) in [6.45, 7) is 2.77. The summed E-state index contributed by atoms with van der Waals surface area (Å²) in [6, 6.07) is 15.7. The van der Waals surface area contributed by atoms with E-state index in [-0.39, 0.29) is 29.7 Å². The fourth-order valence-corrected chi connectivity index (χ4v) is 5.49. The molecule has 1 fully saturated rings. The molecule has 0 aliphatic carbocycles. The normalized spacial score (nSPS) is 15.8.